The van der Waals surface area contributed by atoms with Gasteiger partial charge in [-0.3, -0.25) is 19.7 Å². The Hall–Kier alpha value is -3.64. The van der Waals surface area contributed by atoms with Crippen LogP contribution in [-0.2, 0) is 11.3 Å². The van der Waals surface area contributed by atoms with Crippen molar-refractivity contribution >= 4 is 34.9 Å². The summed E-state index contributed by atoms with van der Waals surface area (Å²) in [5.74, 6) is -0.323. The summed E-state index contributed by atoms with van der Waals surface area (Å²) in [6.07, 6.45) is 2.60. The molecule has 5 nitrogen and oxygen atoms in total. The molecule has 0 aromatic heterocycles. The van der Waals surface area contributed by atoms with E-state index in [0.717, 1.165) is 40.4 Å². The molecule has 166 valence electrons. The molecule has 1 aliphatic heterocycles. The van der Waals surface area contributed by atoms with Crippen LogP contribution in [-0.4, -0.2) is 28.5 Å². The summed E-state index contributed by atoms with van der Waals surface area (Å²) >= 11 is 0.911. The molecule has 3 amide bonds. The lowest BCUT2D eigenvalue weighted by Crippen LogP contribution is -2.31. The number of carbonyl (C=O) groups excluding carboxylic acids is 3. The van der Waals surface area contributed by atoms with E-state index >= 15 is 0 Å². The number of hydrogen-bond acceptors (Lipinski definition) is 4. The molecule has 1 N–H and O–H groups in total. The maximum atomic E-state index is 13.0. The van der Waals surface area contributed by atoms with E-state index < -0.39 is 0 Å². The molecule has 0 bridgehead atoms. The number of benzene rings is 3. The molecule has 0 radical (unpaired) electrons. The lowest BCUT2D eigenvalue weighted by atomic mass is 10.0. The van der Waals surface area contributed by atoms with Crippen LogP contribution in [0.15, 0.2) is 83.8 Å². The zero-order chi connectivity index (χ0) is 23.2. The Morgan fingerprint density at radius 3 is 2.36 bits per heavy atom. The highest BCUT2D eigenvalue weighted by Crippen LogP contribution is 2.27. The molecular weight excluding hydrogens is 432 g/mol. The summed E-state index contributed by atoms with van der Waals surface area (Å²) in [7, 11) is 0. The fourth-order valence-electron chi connectivity index (χ4n) is 3.70. The highest BCUT2D eigenvalue weighted by Gasteiger charge is 2.24. The SMILES string of the molecule is CCCN(Cc1cccc(-c2ccc(/C=C3/SC(=O)NC3=O)cc2)c1)C(=O)c1ccccc1. The second-order valence-corrected chi connectivity index (χ2v) is 8.78. The van der Waals surface area contributed by atoms with Crippen molar-refractivity contribution in [3.8, 4) is 11.1 Å². The van der Waals surface area contributed by atoms with E-state index in [1.54, 1.807) is 6.08 Å². The van der Waals surface area contributed by atoms with Gasteiger partial charge in [0.25, 0.3) is 17.1 Å². The van der Waals surface area contributed by atoms with Gasteiger partial charge in [0.1, 0.15) is 0 Å². The molecule has 3 aromatic rings. The Labute approximate surface area is 197 Å². The van der Waals surface area contributed by atoms with Gasteiger partial charge in [-0.05, 0) is 64.7 Å². The van der Waals surface area contributed by atoms with Crippen molar-refractivity contribution in [1.29, 1.82) is 0 Å². The van der Waals surface area contributed by atoms with Crippen molar-refractivity contribution < 1.29 is 14.4 Å². The summed E-state index contributed by atoms with van der Waals surface area (Å²) in [6, 6.07) is 25.4. The Morgan fingerprint density at radius 1 is 0.939 bits per heavy atom. The van der Waals surface area contributed by atoms with Crippen LogP contribution in [0, 0.1) is 0 Å². The third-order valence-corrected chi connectivity index (χ3v) is 6.10. The van der Waals surface area contributed by atoms with Crippen LogP contribution in [0.1, 0.15) is 34.8 Å². The van der Waals surface area contributed by atoms with Gasteiger partial charge >= 0.3 is 0 Å². The van der Waals surface area contributed by atoms with Crippen molar-refractivity contribution in [3.63, 3.8) is 0 Å². The molecule has 0 aliphatic carbocycles. The minimum absolute atomic E-state index is 0.0348. The smallest absolute Gasteiger partial charge is 0.290 e. The summed E-state index contributed by atoms with van der Waals surface area (Å²) in [4.78, 5) is 38.3. The van der Waals surface area contributed by atoms with E-state index in [4.69, 9.17) is 0 Å². The zero-order valence-corrected chi connectivity index (χ0v) is 19.1. The molecule has 3 aromatic carbocycles. The minimum atomic E-state index is -0.358. The zero-order valence-electron chi connectivity index (χ0n) is 18.3. The van der Waals surface area contributed by atoms with E-state index in [9.17, 15) is 14.4 Å². The summed E-state index contributed by atoms with van der Waals surface area (Å²) in [5.41, 5.74) is 4.70. The first-order valence-corrected chi connectivity index (χ1v) is 11.6. The Morgan fingerprint density at radius 2 is 1.70 bits per heavy atom. The topological polar surface area (TPSA) is 66.5 Å². The molecule has 1 fully saturated rings. The molecule has 4 rings (SSSR count). The Balaban J connectivity index is 1.51. The minimum Gasteiger partial charge on any atom is -0.334 e. The van der Waals surface area contributed by atoms with E-state index in [2.05, 4.69) is 18.3 Å². The Bertz CT molecular complexity index is 1200. The largest absolute Gasteiger partial charge is 0.334 e. The lowest BCUT2D eigenvalue weighted by Gasteiger charge is -2.22. The fraction of sp³-hybridized carbons (Fsp3) is 0.148. The number of carbonyl (C=O) groups is 3. The first-order valence-electron chi connectivity index (χ1n) is 10.8. The fourth-order valence-corrected chi connectivity index (χ4v) is 4.38. The number of imide groups is 1. The number of rotatable bonds is 7. The highest BCUT2D eigenvalue weighted by molar-refractivity contribution is 8.18. The number of amides is 3. The second kappa shape index (κ2) is 10.3. The van der Waals surface area contributed by atoms with Gasteiger partial charge < -0.3 is 4.90 Å². The quantitative estimate of drug-likeness (QED) is 0.461. The van der Waals surface area contributed by atoms with Gasteiger partial charge in [0, 0.05) is 18.7 Å². The highest BCUT2D eigenvalue weighted by atomic mass is 32.2. The predicted molar refractivity (Wildman–Crippen MR) is 132 cm³/mol. The van der Waals surface area contributed by atoms with Gasteiger partial charge in [-0.25, -0.2) is 0 Å². The van der Waals surface area contributed by atoms with Crippen LogP contribution in [0.25, 0.3) is 17.2 Å². The standard InChI is InChI=1S/C27H24N2O3S/c1-2-15-29(26(31)22-8-4-3-5-9-22)18-20-7-6-10-23(16-20)21-13-11-19(12-14-21)17-24-25(30)28-27(32)33-24/h3-14,16-17H,2,15,18H2,1H3,(H,28,30,32)/b24-17+. The number of nitrogens with one attached hydrogen (secondary N) is 1. The molecule has 0 spiro atoms. The van der Waals surface area contributed by atoms with Crippen molar-refractivity contribution in [2.75, 3.05) is 6.54 Å². The van der Waals surface area contributed by atoms with Crippen molar-refractivity contribution in [3.05, 3.63) is 100 Å². The van der Waals surface area contributed by atoms with E-state index in [0.29, 0.717) is 23.6 Å². The third kappa shape index (κ3) is 5.59. The average Bonchev–Trinajstić information content (AvgIpc) is 3.16. The number of thioether (sulfide) groups is 1. The summed E-state index contributed by atoms with van der Waals surface area (Å²) in [6.45, 7) is 3.30. The molecule has 1 heterocycles. The molecule has 33 heavy (non-hydrogen) atoms. The van der Waals surface area contributed by atoms with Gasteiger partial charge in [-0.1, -0.05) is 67.6 Å². The normalized spacial score (nSPS) is 14.4. The van der Waals surface area contributed by atoms with Crippen molar-refractivity contribution in [2.45, 2.75) is 19.9 Å². The monoisotopic (exact) mass is 456 g/mol. The van der Waals surface area contributed by atoms with Crippen LogP contribution >= 0.6 is 11.8 Å². The van der Waals surface area contributed by atoms with Crippen LogP contribution in [0.2, 0.25) is 0 Å². The van der Waals surface area contributed by atoms with Crippen molar-refractivity contribution in [1.82, 2.24) is 10.2 Å². The van der Waals surface area contributed by atoms with Crippen LogP contribution in [0.4, 0.5) is 4.79 Å². The molecular formula is C27H24N2O3S. The van der Waals surface area contributed by atoms with Gasteiger partial charge in [0.2, 0.25) is 0 Å². The van der Waals surface area contributed by atoms with E-state index in [-0.39, 0.29) is 17.1 Å². The Kier molecular flexibility index (Phi) is 7.05. The molecule has 1 saturated heterocycles. The van der Waals surface area contributed by atoms with E-state index in [1.807, 2.05) is 77.7 Å². The van der Waals surface area contributed by atoms with Crippen LogP contribution < -0.4 is 5.32 Å². The average molecular weight is 457 g/mol. The third-order valence-electron chi connectivity index (χ3n) is 5.29. The number of nitrogens with zero attached hydrogens (tertiary/aromatic N) is 1. The van der Waals surface area contributed by atoms with Gasteiger partial charge in [0.05, 0.1) is 4.91 Å². The maximum Gasteiger partial charge on any atom is 0.290 e. The second-order valence-electron chi connectivity index (χ2n) is 7.77. The molecule has 0 atom stereocenters. The molecule has 0 unspecified atom stereocenters. The summed E-state index contributed by atoms with van der Waals surface area (Å²) in [5, 5.41) is 1.92. The summed E-state index contributed by atoms with van der Waals surface area (Å²) < 4.78 is 0. The van der Waals surface area contributed by atoms with Crippen molar-refractivity contribution in [2.24, 2.45) is 0 Å². The number of hydrogen-bond donors (Lipinski definition) is 1. The first kappa shape index (κ1) is 22.6. The lowest BCUT2D eigenvalue weighted by molar-refractivity contribution is -0.115. The van der Waals surface area contributed by atoms with Gasteiger partial charge in [-0.2, -0.15) is 0 Å². The van der Waals surface area contributed by atoms with Gasteiger partial charge in [0.15, 0.2) is 0 Å². The molecule has 6 heteroatoms. The maximum absolute atomic E-state index is 13.0. The van der Waals surface area contributed by atoms with Gasteiger partial charge in [-0.15, -0.1) is 0 Å². The van der Waals surface area contributed by atoms with E-state index in [1.165, 1.54) is 0 Å². The first-order chi connectivity index (χ1) is 16.0. The predicted octanol–water partition coefficient (Wildman–Crippen LogP) is 5.73. The molecule has 0 saturated carbocycles. The van der Waals surface area contributed by atoms with Crippen LogP contribution in [0.5, 0.6) is 0 Å². The molecule has 1 aliphatic rings. The van der Waals surface area contributed by atoms with Crippen LogP contribution in [0.3, 0.4) is 0 Å².